The Balaban J connectivity index is 1.70. The maximum atomic E-state index is 3.58. The summed E-state index contributed by atoms with van der Waals surface area (Å²) in [6.07, 6.45) is 3.86. The maximum Gasteiger partial charge on any atom is 0.0237 e. The van der Waals surface area contributed by atoms with Gasteiger partial charge in [0.05, 0.1) is 0 Å². The lowest BCUT2D eigenvalue weighted by Crippen LogP contribution is -2.24. The summed E-state index contributed by atoms with van der Waals surface area (Å²) in [5, 5.41) is 1.02. The van der Waals surface area contributed by atoms with Crippen LogP contribution in [-0.2, 0) is 25.9 Å². The molecule has 3 rings (SSSR count). The average Bonchev–Trinajstić information content (AvgIpc) is 2.96. The van der Waals surface area contributed by atoms with Gasteiger partial charge in [-0.2, -0.15) is 0 Å². The first kappa shape index (κ1) is 14.8. The van der Waals surface area contributed by atoms with Crippen LogP contribution in [0.25, 0.3) is 0 Å². The van der Waals surface area contributed by atoms with Crippen LogP contribution in [-0.4, -0.2) is 16.8 Å². The molecule has 0 N–H and O–H groups in total. The van der Waals surface area contributed by atoms with Gasteiger partial charge in [0.25, 0.3) is 0 Å². The molecule has 0 atom stereocenters. The van der Waals surface area contributed by atoms with Crippen LogP contribution in [0.2, 0.25) is 0 Å². The van der Waals surface area contributed by atoms with Crippen molar-refractivity contribution in [2.24, 2.45) is 0 Å². The Morgan fingerprint density at radius 1 is 0.857 bits per heavy atom. The van der Waals surface area contributed by atoms with Crippen LogP contribution in [0.5, 0.6) is 0 Å². The van der Waals surface area contributed by atoms with Crippen molar-refractivity contribution in [2.75, 3.05) is 11.9 Å². The van der Waals surface area contributed by atoms with Crippen molar-refractivity contribution in [1.82, 2.24) is 4.90 Å². The van der Waals surface area contributed by atoms with Crippen LogP contribution in [0.1, 0.15) is 28.7 Å². The van der Waals surface area contributed by atoms with E-state index in [2.05, 4.69) is 69.4 Å². The van der Waals surface area contributed by atoms with Crippen LogP contribution in [0.3, 0.4) is 0 Å². The first-order chi connectivity index (χ1) is 10.3. The number of nitrogens with zero attached hydrogens (tertiary/aromatic N) is 1. The van der Waals surface area contributed by atoms with E-state index < -0.39 is 0 Å². The molecular weight excluding hydrogens is 322 g/mol. The van der Waals surface area contributed by atoms with Crippen LogP contribution in [0.15, 0.2) is 48.5 Å². The fourth-order valence-corrected chi connectivity index (χ4v) is 3.66. The molecule has 0 aliphatic heterocycles. The quantitative estimate of drug-likeness (QED) is 0.694. The summed E-state index contributed by atoms with van der Waals surface area (Å²) in [6.45, 7) is 3.13. The fourth-order valence-electron chi connectivity index (χ4n) is 3.16. The number of benzene rings is 2. The highest BCUT2D eigenvalue weighted by atomic mass is 79.9. The molecule has 0 aromatic heterocycles. The molecule has 0 spiro atoms. The summed E-state index contributed by atoms with van der Waals surface area (Å²) >= 11 is 3.58. The lowest BCUT2D eigenvalue weighted by atomic mass is 10.1. The average molecular weight is 344 g/mol. The van der Waals surface area contributed by atoms with Crippen molar-refractivity contribution >= 4 is 15.9 Å². The third-order valence-electron chi connectivity index (χ3n) is 4.22. The lowest BCUT2D eigenvalue weighted by Gasteiger charge is -2.22. The Labute approximate surface area is 136 Å². The number of alkyl halides is 1. The Morgan fingerprint density at radius 2 is 1.62 bits per heavy atom. The molecule has 1 aliphatic carbocycles. The van der Waals surface area contributed by atoms with Gasteiger partial charge in [0.15, 0.2) is 0 Å². The van der Waals surface area contributed by atoms with E-state index >= 15 is 0 Å². The van der Waals surface area contributed by atoms with E-state index in [1.807, 2.05) is 0 Å². The zero-order chi connectivity index (χ0) is 14.5. The van der Waals surface area contributed by atoms with Gasteiger partial charge < -0.3 is 0 Å². The minimum absolute atomic E-state index is 1.02. The van der Waals surface area contributed by atoms with E-state index in [0.29, 0.717) is 0 Å². The van der Waals surface area contributed by atoms with Crippen molar-refractivity contribution < 1.29 is 0 Å². The molecular formula is C19H22BrN. The van der Waals surface area contributed by atoms with Crippen molar-refractivity contribution in [1.29, 1.82) is 0 Å². The van der Waals surface area contributed by atoms with Gasteiger partial charge >= 0.3 is 0 Å². The van der Waals surface area contributed by atoms with Crippen molar-refractivity contribution in [3.05, 3.63) is 70.8 Å². The second-order valence-electron chi connectivity index (χ2n) is 5.84. The lowest BCUT2D eigenvalue weighted by molar-refractivity contribution is 0.274. The van der Waals surface area contributed by atoms with Gasteiger partial charge in [0.2, 0.25) is 0 Å². The minimum atomic E-state index is 1.02. The highest BCUT2D eigenvalue weighted by molar-refractivity contribution is 9.09. The molecule has 1 aliphatic rings. The first-order valence-electron chi connectivity index (χ1n) is 7.78. The molecule has 0 amide bonds. The molecule has 0 fully saturated rings. The van der Waals surface area contributed by atoms with Crippen LogP contribution in [0, 0.1) is 0 Å². The van der Waals surface area contributed by atoms with E-state index in [9.17, 15) is 0 Å². The molecule has 0 saturated carbocycles. The van der Waals surface area contributed by atoms with Crippen LogP contribution < -0.4 is 0 Å². The van der Waals surface area contributed by atoms with Crippen molar-refractivity contribution in [3.8, 4) is 0 Å². The number of aryl methyl sites for hydroxylation is 2. The summed E-state index contributed by atoms with van der Waals surface area (Å²) in [7, 11) is 0. The largest absolute Gasteiger partial charge is 0.294 e. The Bertz CT molecular complexity index is 579. The Hall–Kier alpha value is -1.12. The third kappa shape index (κ3) is 3.96. The molecule has 110 valence electrons. The monoisotopic (exact) mass is 343 g/mol. The normalized spacial score (nSPS) is 13.6. The van der Waals surface area contributed by atoms with Gasteiger partial charge in [-0.1, -0.05) is 64.5 Å². The Morgan fingerprint density at radius 3 is 2.43 bits per heavy atom. The second kappa shape index (κ2) is 7.24. The van der Waals surface area contributed by atoms with Gasteiger partial charge in [-0.3, -0.25) is 4.90 Å². The van der Waals surface area contributed by atoms with Gasteiger partial charge in [-0.15, -0.1) is 0 Å². The van der Waals surface area contributed by atoms with E-state index in [-0.39, 0.29) is 0 Å². The van der Waals surface area contributed by atoms with Gasteiger partial charge in [-0.25, -0.2) is 0 Å². The number of rotatable bonds is 6. The van der Waals surface area contributed by atoms with Crippen LogP contribution >= 0.6 is 15.9 Å². The molecule has 0 unspecified atom stereocenters. The molecule has 0 bridgehead atoms. The molecule has 21 heavy (non-hydrogen) atoms. The minimum Gasteiger partial charge on any atom is -0.294 e. The van der Waals surface area contributed by atoms with Crippen molar-refractivity contribution in [2.45, 2.75) is 32.4 Å². The van der Waals surface area contributed by atoms with E-state index in [4.69, 9.17) is 0 Å². The first-order valence-corrected chi connectivity index (χ1v) is 8.90. The van der Waals surface area contributed by atoms with Gasteiger partial charge in [0, 0.05) is 25.0 Å². The zero-order valence-corrected chi connectivity index (χ0v) is 14.0. The number of hydrogen-bond acceptors (Lipinski definition) is 1. The maximum absolute atomic E-state index is 3.58. The summed E-state index contributed by atoms with van der Waals surface area (Å²) in [4.78, 5) is 2.51. The molecule has 0 saturated heterocycles. The molecule has 0 heterocycles. The van der Waals surface area contributed by atoms with Crippen LogP contribution in [0.4, 0.5) is 0 Å². The summed E-state index contributed by atoms with van der Waals surface area (Å²) < 4.78 is 0. The molecule has 2 aromatic rings. The number of hydrogen-bond donors (Lipinski definition) is 0. The summed E-state index contributed by atoms with van der Waals surface area (Å²) in [6, 6.07) is 17.8. The molecule has 0 radical (unpaired) electrons. The Kier molecular flexibility index (Phi) is 5.10. The predicted octanol–water partition coefficient (Wildman–Crippen LogP) is 4.57. The van der Waals surface area contributed by atoms with E-state index in [1.54, 1.807) is 11.1 Å². The van der Waals surface area contributed by atoms with E-state index in [1.165, 1.54) is 30.4 Å². The molecule has 2 aromatic carbocycles. The number of halogens is 1. The number of fused-ring (bicyclic) bond motifs is 1. The molecule has 2 heteroatoms. The summed E-state index contributed by atoms with van der Waals surface area (Å²) in [5.41, 5.74) is 5.98. The highest BCUT2D eigenvalue weighted by Crippen LogP contribution is 2.23. The standard InChI is InChI=1S/C19H22BrN/c20-11-12-21(14-16-5-2-1-3-6-16)15-17-9-10-18-7-4-8-19(18)13-17/h1-3,5-6,9-10,13H,4,7-8,11-12,14-15H2. The fraction of sp³-hybridized carbons (Fsp3) is 0.368. The van der Waals surface area contributed by atoms with Crippen molar-refractivity contribution in [3.63, 3.8) is 0 Å². The zero-order valence-electron chi connectivity index (χ0n) is 12.4. The predicted molar refractivity (Wildman–Crippen MR) is 92.8 cm³/mol. The summed E-state index contributed by atoms with van der Waals surface area (Å²) in [5.74, 6) is 0. The smallest absolute Gasteiger partial charge is 0.0237 e. The highest BCUT2D eigenvalue weighted by Gasteiger charge is 2.12. The van der Waals surface area contributed by atoms with E-state index in [0.717, 1.165) is 25.0 Å². The van der Waals surface area contributed by atoms with Gasteiger partial charge in [-0.05, 0) is 41.5 Å². The molecule has 1 nitrogen and oxygen atoms in total. The SMILES string of the molecule is BrCCN(Cc1ccccc1)Cc1ccc2c(c1)CCC2. The van der Waals surface area contributed by atoms with Gasteiger partial charge in [0.1, 0.15) is 0 Å². The second-order valence-corrected chi connectivity index (χ2v) is 6.63. The topological polar surface area (TPSA) is 3.24 Å². The third-order valence-corrected chi connectivity index (χ3v) is 4.57.